The first-order chi connectivity index (χ1) is 12.8. The van der Waals surface area contributed by atoms with Crippen molar-refractivity contribution in [1.29, 1.82) is 0 Å². The fourth-order valence-corrected chi connectivity index (χ4v) is 4.70. The van der Waals surface area contributed by atoms with Gasteiger partial charge in [0.2, 0.25) is -0.379 Å². The summed E-state index contributed by atoms with van der Waals surface area (Å²) >= 11 is 10.4. The van der Waals surface area contributed by atoms with E-state index < -0.39 is 0 Å². The van der Waals surface area contributed by atoms with Gasteiger partial charge in [0.15, 0.2) is 0 Å². The molecule has 0 spiro atoms. The van der Waals surface area contributed by atoms with Crippen LogP contribution in [0.15, 0.2) is 28.9 Å². The summed E-state index contributed by atoms with van der Waals surface area (Å²) in [6.07, 6.45) is 4.70. The van der Waals surface area contributed by atoms with Crippen molar-refractivity contribution in [3.63, 3.8) is 0 Å². The van der Waals surface area contributed by atoms with Crippen molar-refractivity contribution in [2.45, 2.75) is 38.0 Å². The molecule has 1 saturated carbocycles. The third kappa shape index (κ3) is 6.01. The lowest BCUT2D eigenvalue weighted by molar-refractivity contribution is 0.0527. The van der Waals surface area contributed by atoms with E-state index in [4.69, 9.17) is 9.47 Å². The maximum absolute atomic E-state index is 12.5. The Morgan fingerprint density at radius 1 is 1.37 bits per heavy atom. The number of nitrogens with zero attached hydrogens (tertiary/aromatic N) is 1. The van der Waals surface area contributed by atoms with Gasteiger partial charge in [0.25, 0.3) is 0 Å². The van der Waals surface area contributed by atoms with E-state index in [1.165, 1.54) is 0 Å². The molecule has 0 amide bonds. The number of nitrogens with one attached hydrogen (secondary N) is 1. The normalized spacial score (nSPS) is 20.0. The van der Waals surface area contributed by atoms with Gasteiger partial charge in [-0.25, -0.2) is 4.79 Å². The highest BCUT2D eigenvalue weighted by atomic mass is 127. The van der Waals surface area contributed by atoms with E-state index in [1.54, 1.807) is 13.1 Å². The van der Waals surface area contributed by atoms with Crippen LogP contribution in [0.5, 0.6) is 0 Å². The minimum atomic E-state index is -0.356. The molecule has 1 aliphatic carbocycles. The van der Waals surface area contributed by atoms with Crippen LogP contribution in [0.25, 0.3) is 10.9 Å². The van der Waals surface area contributed by atoms with Gasteiger partial charge in [0.1, 0.15) is 5.56 Å². The number of hydrogen-bond donors (Lipinski definition) is 1. The van der Waals surface area contributed by atoms with E-state index in [1.807, 2.05) is 18.2 Å². The molecule has 0 unspecified atom stereocenters. The van der Waals surface area contributed by atoms with Crippen LogP contribution >= 0.6 is 83.7 Å². The minimum Gasteiger partial charge on any atom is -0.462 e. The molecule has 0 radical (unpaired) electrons. The van der Waals surface area contributed by atoms with Gasteiger partial charge in [-0.2, -0.15) is 0 Å². The van der Waals surface area contributed by atoms with Crippen molar-refractivity contribution in [3.8, 4) is 0 Å². The van der Waals surface area contributed by atoms with Crippen molar-refractivity contribution in [3.05, 3.63) is 34.4 Å². The summed E-state index contributed by atoms with van der Waals surface area (Å²) < 4.78 is 12.0. The number of esters is 1. The molecule has 146 valence electrons. The molecule has 0 saturated heterocycles. The number of carbonyl (C=O) groups is 1. The standard InChI is InChI=1S/C18H18BrI3N2O3/c1-2-26-17(25)14-9-23-15-6-3-10(19)7-13(15)16(14)24-11-4-5-12(8-11)27-18(20,21)22/h3,6-7,9,11-12H,2,4-5,8H2,1H3,(H,23,24)/t11-,12-/m0/s1. The molecule has 2 aromatic rings. The number of rotatable bonds is 6. The molecule has 27 heavy (non-hydrogen) atoms. The highest BCUT2D eigenvalue weighted by Crippen LogP contribution is 2.41. The first-order valence-corrected chi connectivity index (χ1v) is 12.6. The predicted octanol–water partition coefficient (Wildman–Crippen LogP) is 6.44. The smallest absolute Gasteiger partial charge is 0.341 e. The number of carbonyl (C=O) groups excluding carboxylic acids is 1. The lowest BCUT2D eigenvalue weighted by atomic mass is 10.1. The Kier molecular flexibility index (Phi) is 7.87. The Morgan fingerprint density at radius 3 is 2.85 bits per heavy atom. The quantitative estimate of drug-likeness (QED) is 0.208. The molecule has 0 aliphatic heterocycles. The van der Waals surface area contributed by atoms with E-state index in [0.29, 0.717) is 12.2 Å². The van der Waals surface area contributed by atoms with Crippen LogP contribution in [0.1, 0.15) is 36.5 Å². The summed E-state index contributed by atoms with van der Waals surface area (Å²) in [6, 6.07) is 6.11. The maximum Gasteiger partial charge on any atom is 0.341 e. The first kappa shape index (κ1) is 22.2. The van der Waals surface area contributed by atoms with E-state index in [-0.39, 0.29) is 17.7 Å². The zero-order valence-corrected chi connectivity index (χ0v) is 22.5. The molecule has 1 aliphatic rings. The summed E-state index contributed by atoms with van der Waals surface area (Å²) in [6.45, 7) is 2.14. The van der Waals surface area contributed by atoms with Crippen molar-refractivity contribution in [2.24, 2.45) is 0 Å². The van der Waals surface area contributed by atoms with Crippen LogP contribution in [-0.4, -0.2) is 29.3 Å². The van der Waals surface area contributed by atoms with Crippen LogP contribution in [0.3, 0.4) is 0 Å². The van der Waals surface area contributed by atoms with Gasteiger partial charge in [-0.05, 0) is 112 Å². The zero-order chi connectivity index (χ0) is 19.6. The number of anilines is 1. The summed E-state index contributed by atoms with van der Waals surface area (Å²) in [5.74, 6) is -0.356. The SMILES string of the molecule is CCOC(=O)c1cnc2ccc(Br)cc2c1N[C@H]1CC[C@H](OC(I)(I)I)C1. The molecule has 1 fully saturated rings. The van der Waals surface area contributed by atoms with Crippen molar-refractivity contribution < 1.29 is 14.3 Å². The van der Waals surface area contributed by atoms with Gasteiger partial charge < -0.3 is 14.8 Å². The largest absolute Gasteiger partial charge is 0.462 e. The maximum atomic E-state index is 12.5. The molecular weight excluding hydrogens is 753 g/mol. The molecule has 5 nitrogen and oxygen atoms in total. The summed E-state index contributed by atoms with van der Waals surface area (Å²) in [7, 11) is 0. The number of fused-ring (bicyclic) bond motifs is 1. The number of alkyl halides is 3. The van der Waals surface area contributed by atoms with Crippen LogP contribution in [0.4, 0.5) is 5.69 Å². The molecule has 1 aromatic carbocycles. The Hall–Kier alpha value is 0.530. The first-order valence-electron chi connectivity index (χ1n) is 8.53. The molecule has 2 atom stereocenters. The summed E-state index contributed by atoms with van der Waals surface area (Å²) in [5.41, 5.74) is 2.10. The number of halogens is 4. The van der Waals surface area contributed by atoms with Crippen molar-refractivity contribution in [2.75, 3.05) is 11.9 Å². The molecular formula is C18H18BrI3N2O3. The van der Waals surface area contributed by atoms with Gasteiger partial charge in [-0.15, -0.1) is 0 Å². The fourth-order valence-electron chi connectivity index (χ4n) is 3.26. The molecule has 0 bridgehead atoms. The monoisotopic (exact) mass is 770 g/mol. The molecule has 1 heterocycles. The summed E-state index contributed by atoms with van der Waals surface area (Å²) in [4.78, 5) is 16.9. The number of aromatic nitrogens is 1. The Bertz CT molecular complexity index is 844. The Labute approximate surface area is 207 Å². The minimum absolute atomic E-state index is 0.207. The second-order valence-electron chi connectivity index (χ2n) is 6.27. The predicted molar refractivity (Wildman–Crippen MR) is 136 cm³/mol. The second-order valence-corrected chi connectivity index (χ2v) is 17.9. The average molecular weight is 771 g/mol. The van der Waals surface area contributed by atoms with Crippen LogP contribution in [0.2, 0.25) is 0 Å². The van der Waals surface area contributed by atoms with Crippen LogP contribution < -0.4 is 5.32 Å². The fraction of sp³-hybridized carbons (Fsp3) is 0.444. The molecule has 3 rings (SSSR count). The Morgan fingerprint density at radius 2 is 2.15 bits per heavy atom. The van der Waals surface area contributed by atoms with Crippen LogP contribution in [-0.2, 0) is 9.47 Å². The lowest BCUT2D eigenvalue weighted by Crippen LogP contribution is -2.22. The van der Waals surface area contributed by atoms with Gasteiger partial charge >= 0.3 is 5.97 Å². The number of ether oxygens (including phenoxy) is 2. The Balaban J connectivity index is 1.90. The second kappa shape index (κ2) is 9.56. The average Bonchev–Trinajstić information content (AvgIpc) is 3.00. The highest BCUT2D eigenvalue weighted by molar-refractivity contribution is 14.3. The van der Waals surface area contributed by atoms with E-state index in [2.05, 4.69) is 94.0 Å². The molecule has 9 heteroatoms. The van der Waals surface area contributed by atoms with Gasteiger partial charge in [-0.3, -0.25) is 4.98 Å². The van der Waals surface area contributed by atoms with Crippen LogP contribution in [0, 0.1) is 0 Å². The topological polar surface area (TPSA) is 60.5 Å². The van der Waals surface area contributed by atoms with E-state index in [9.17, 15) is 4.79 Å². The van der Waals surface area contributed by atoms with Gasteiger partial charge in [0.05, 0.1) is 23.9 Å². The third-order valence-corrected chi connectivity index (χ3v) is 5.61. The number of hydrogen-bond acceptors (Lipinski definition) is 5. The molecule has 1 N–H and O–H groups in total. The van der Waals surface area contributed by atoms with E-state index >= 15 is 0 Å². The lowest BCUT2D eigenvalue weighted by Gasteiger charge is -2.21. The number of pyridine rings is 1. The zero-order valence-electron chi connectivity index (χ0n) is 14.5. The highest BCUT2D eigenvalue weighted by Gasteiger charge is 2.32. The van der Waals surface area contributed by atoms with Crippen molar-refractivity contribution in [1.82, 2.24) is 4.98 Å². The van der Waals surface area contributed by atoms with E-state index in [0.717, 1.165) is 40.3 Å². The van der Waals surface area contributed by atoms with Gasteiger partial charge in [0, 0.05) is 22.1 Å². The summed E-state index contributed by atoms with van der Waals surface area (Å²) in [5, 5.41) is 4.49. The number of benzene rings is 1. The van der Waals surface area contributed by atoms with Crippen molar-refractivity contribution >= 4 is 106 Å². The third-order valence-electron chi connectivity index (χ3n) is 4.36. The molecule has 1 aromatic heterocycles. The van der Waals surface area contributed by atoms with Gasteiger partial charge in [-0.1, -0.05) is 15.9 Å².